The molecule has 0 atom stereocenters. The first-order chi connectivity index (χ1) is 13.9. The molecule has 0 fully saturated rings. The lowest BCUT2D eigenvalue weighted by atomic mass is 9.88. The molecule has 4 rings (SSSR count). The lowest BCUT2D eigenvalue weighted by Crippen LogP contribution is -2.23. The molecular formula is C25H31N3O. The Morgan fingerprint density at radius 2 is 1.72 bits per heavy atom. The fourth-order valence-electron chi connectivity index (χ4n) is 4.16. The Morgan fingerprint density at radius 1 is 1.00 bits per heavy atom. The van der Waals surface area contributed by atoms with Crippen LogP contribution in [0.3, 0.4) is 0 Å². The van der Waals surface area contributed by atoms with Gasteiger partial charge in [0, 0.05) is 18.2 Å². The van der Waals surface area contributed by atoms with Gasteiger partial charge in [0.2, 0.25) is 0 Å². The summed E-state index contributed by atoms with van der Waals surface area (Å²) in [6.07, 6.45) is 5.56. The van der Waals surface area contributed by atoms with Gasteiger partial charge >= 0.3 is 0 Å². The third-order valence-electron chi connectivity index (χ3n) is 5.49. The van der Waals surface area contributed by atoms with E-state index in [-0.39, 0.29) is 5.60 Å². The second kappa shape index (κ2) is 7.66. The highest BCUT2D eigenvalue weighted by molar-refractivity contribution is 5.82. The third-order valence-corrected chi connectivity index (χ3v) is 5.49. The van der Waals surface area contributed by atoms with Crippen LogP contribution in [-0.2, 0) is 26.3 Å². The predicted molar refractivity (Wildman–Crippen MR) is 118 cm³/mol. The van der Waals surface area contributed by atoms with Gasteiger partial charge in [-0.2, -0.15) is 0 Å². The van der Waals surface area contributed by atoms with Gasteiger partial charge in [-0.15, -0.1) is 5.10 Å². The second-order valence-electron chi connectivity index (χ2n) is 9.04. The molecule has 1 aliphatic rings. The first-order valence-corrected chi connectivity index (χ1v) is 10.7. The van der Waals surface area contributed by atoms with E-state index in [1.165, 1.54) is 35.1 Å². The summed E-state index contributed by atoms with van der Waals surface area (Å²) in [5.41, 5.74) is 8.36. The van der Waals surface area contributed by atoms with Crippen LogP contribution < -0.4 is 4.74 Å². The summed E-state index contributed by atoms with van der Waals surface area (Å²) in [5, 5.41) is 8.92. The molecule has 0 spiro atoms. The number of unbranched alkanes of at least 4 members (excludes halogenated alkanes) is 1. The molecule has 0 N–H and O–H groups in total. The number of nitrogens with zero attached hydrogens (tertiary/aromatic N) is 3. The monoisotopic (exact) mass is 389 g/mol. The topological polar surface area (TPSA) is 39.9 Å². The van der Waals surface area contributed by atoms with E-state index in [4.69, 9.17) is 4.74 Å². The van der Waals surface area contributed by atoms with Gasteiger partial charge in [0.05, 0.1) is 5.69 Å². The van der Waals surface area contributed by atoms with Crippen molar-refractivity contribution in [3.8, 4) is 28.3 Å². The summed E-state index contributed by atoms with van der Waals surface area (Å²) < 4.78 is 8.04. The van der Waals surface area contributed by atoms with Gasteiger partial charge in [0.25, 0.3) is 0 Å². The van der Waals surface area contributed by atoms with E-state index in [0.29, 0.717) is 0 Å². The average molecular weight is 390 g/mol. The normalized spacial score (nSPS) is 13.1. The molecule has 152 valence electrons. The van der Waals surface area contributed by atoms with Gasteiger partial charge in [0.15, 0.2) is 0 Å². The average Bonchev–Trinajstić information content (AvgIpc) is 3.03. The minimum Gasteiger partial charge on any atom is -0.488 e. The number of rotatable bonds is 4. The number of benzene rings is 2. The molecule has 4 heteroatoms. The zero-order chi connectivity index (χ0) is 20.6. The summed E-state index contributed by atoms with van der Waals surface area (Å²) in [4.78, 5) is 0. The molecule has 0 radical (unpaired) electrons. The van der Waals surface area contributed by atoms with E-state index >= 15 is 0 Å². The van der Waals surface area contributed by atoms with Crippen molar-refractivity contribution in [2.75, 3.05) is 0 Å². The van der Waals surface area contributed by atoms with Crippen LogP contribution in [-0.4, -0.2) is 20.6 Å². The highest BCUT2D eigenvalue weighted by atomic mass is 16.5. The predicted octanol–water partition coefficient (Wildman–Crippen LogP) is 5.77. The minimum absolute atomic E-state index is 0.214. The fourth-order valence-corrected chi connectivity index (χ4v) is 4.16. The maximum atomic E-state index is 6.12. The molecule has 3 aromatic rings. The number of ether oxygens (including phenoxy) is 1. The van der Waals surface area contributed by atoms with Gasteiger partial charge in [-0.3, -0.25) is 0 Å². The van der Waals surface area contributed by atoms with Crippen molar-refractivity contribution in [3.63, 3.8) is 0 Å². The molecule has 4 nitrogen and oxygen atoms in total. The van der Waals surface area contributed by atoms with Gasteiger partial charge in [-0.1, -0.05) is 36.8 Å². The van der Waals surface area contributed by atoms with Crippen LogP contribution in [0.15, 0.2) is 36.4 Å². The molecule has 1 heterocycles. The summed E-state index contributed by atoms with van der Waals surface area (Å²) >= 11 is 0. The Bertz CT molecular complexity index is 1030. The molecule has 29 heavy (non-hydrogen) atoms. The van der Waals surface area contributed by atoms with Crippen LogP contribution in [0.5, 0.6) is 5.75 Å². The van der Waals surface area contributed by atoms with Gasteiger partial charge < -0.3 is 4.74 Å². The SMILES string of the molecule is CCCCc1ccc2c(c1)CCc1cc(OC(C)(C)C)ccc1-c1nnn(C)c1-2. The van der Waals surface area contributed by atoms with Crippen LogP contribution >= 0.6 is 0 Å². The van der Waals surface area contributed by atoms with Gasteiger partial charge in [-0.25, -0.2) is 4.68 Å². The van der Waals surface area contributed by atoms with E-state index in [1.807, 2.05) is 11.7 Å². The third kappa shape index (κ3) is 4.07. The maximum Gasteiger partial charge on any atom is 0.121 e. The zero-order valence-corrected chi connectivity index (χ0v) is 18.2. The highest BCUT2D eigenvalue weighted by Gasteiger charge is 2.23. The van der Waals surface area contributed by atoms with Crippen LogP contribution in [0, 0.1) is 0 Å². The Kier molecular flexibility index (Phi) is 5.20. The number of hydrogen-bond donors (Lipinski definition) is 0. The second-order valence-corrected chi connectivity index (χ2v) is 9.04. The number of hydrogen-bond acceptors (Lipinski definition) is 3. The van der Waals surface area contributed by atoms with Gasteiger partial charge in [-0.05, 0) is 81.3 Å². The van der Waals surface area contributed by atoms with Crippen molar-refractivity contribution in [2.24, 2.45) is 7.05 Å². The maximum absolute atomic E-state index is 6.12. The molecule has 0 saturated heterocycles. The molecule has 0 saturated carbocycles. The lowest BCUT2D eigenvalue weighted by Gasteiger charge is -2.23. The first kappa shape index (κ1) is 19.7. The van der Waals surface area contributed by atoms with E-state index in [9.17, 15) is 0 Å². The van der Waals surface area contributed by atoms with E-state index < -0.39 is 0 Å². The van der Waals surface area contributed by atoms with Crippen molar-refractivity contribution in [2.45, 2.75) is 65.4 Å². The first-order valence-electron chi connectivity index (χ1n) is 10.7. The van der Waals surface area contributed by atoms with Crippen LogP contribution in [0.2, 0.25) is 0 Å². The molecule has 0 unspecified atom stereocenters. The van der Waals surface area contributed by atoms with Crippen molar-refractivity contribution in [1.82, 2.24) is 15.0 Å². The van der Waals surface area contributed by atoms with E-state index in [0.717, 1.165) is 42.0 Å². The molecule has 0 aliphatic heterocycles. The van der Waals surface area contributed by atoms with Crippen LogP contribution in [0.4, 0.5) is 0 Å². The molecule has 0 amide bonds. The van der Waals surface area contributed by atoms with E-state index in [1.54, 1.807) is 0 Å². The van der Waals surface area contributed by atoms with Crippen molar-refractivity contribution in [1.29, 1.82) is 0 Å². The summed E-state index contributed by atoms with van der Waals surface area (Å²) in [5.74, 6) is 0.916. The zero-order valence-electron chi connectivity index (χ0n) is 18.2. The van der Waals surface area contributed by atoms with E-state index in [2.05, 4.69) is 74.4 Å². The highest BCUT2D eigenvalue weighted by Crippen LogP contribution is 2.39. The minimum atomic E-state index is -0.214. The Labute approximate surface area is 173 Å². The molecular weight excluding hydrogens is 358 g/mol. The van der Waals surface area contributed by atoms with Crippen molar-refractivity contribution >= 4 is 0 Å². The quantitative estimate of drug-likeness (QED) is 0.569. The largest absolute Gasteiger partial charge is 0.488 e. The summed E-state index contributed by atoms with van der Waals surface area (Å²) in [7, 11) is 1.99. The number of aryl methyl sites for hydroxylation is 4. The summed E-state index contributed by atoms with van der Waals surface area (Å²) in [6, 6.07) is 13.3. The number of fused-ring (bicyclic) bond motifs is 5. The van der Waals surface area contributed by atoms with Crippen molar-refractivity contribution < 1.29 is 4.74 Å². The lowest BCUT2D eigenvalue weighted by molar-refractivity contribution is 0.131. The molecule has 0 bridgehead atoms. The molecule has 1 aliphatic carbocycles. The smallest absolute Gasteiger partial charge is 0.121 e. The van der Waals surface area contributed by atoms with Crippen LogP contribution in [0.1, 0.15) is 57.2 Å². The standard InChI is InChI=1S/C25H31N3O/c1-6-7-8-17-9-13-22-18(15-17)10-11-19-16-20(29-25(2,3)4)12-14-21(19)23-24(22)28(5)27-26-23/h9,12-16H,6-8,10-11H2,1-5H3. The fraction of sp³-hybridized carbons (Fsp3) is 0.440. The molecule has 2 aromatic carbocycles. The number of aromatic nitrogens is 3. The Hall–Kier alpha value is -2.62. The van der Waals surface area contributed by atoms with Crippen LogP contribution in [0.25, 0.3) is 22.5 Å². The Morgan fingerprint density at radius 3 is 2.45 bits per heavy atom. The Balaban J connectivity index is 1.81. The molecule has 1 aromatic heterocycles. The van der Waals surface area contributed by atoms with Gasteiger partial charge in [0.1, 0.15) is 17.0 Å². The van der Waals surface area contributed by atoms with Crippen molar-refractivity contribution in [3.05, 3.63) is 53.1 Å². The summed E-state index contributed by atoms with van der Waals surface area (Å²) in [6.45, 7) is 8.49.